The van der Waals surface area contributed by atoms with Crippen LogP contribution in [-0.4, -0.2) is 12.7 Å². The van der Waals surface area contributed by atoms with E-state index in [1.807, 2.05) is 0 Å². The van der Waals surface area contributed by atoms with E-state index in [2.05, 4.69) is 13.8 Å². The third kappa shape index (κ3) is 1.72. The molecule has 1 rings (SSSR count). The number of hydrogen-bond acceptors (Lipinski definition) is 1. The third-order valence-electron chi connectivity index (χ3n) is 2.42. The molecule has 0 saturated carbocycles. The van der Waals surface area contributed by atoms with Crippen molar-refractivity contribution in [1.29, 1.82) is 0 Å². The molecule has 1 fully saturated rings. The molecular weight excluding hydrogens is 124 g/mol. The van der Waals surface area contributed by atoms with E-state index in [-0.39, 0.29) is 0 Å². The van der Waals surface area contributed by atoms with Crippen LogP contribution in [0, 0.1) is 5.92 Å². The van der Waals surface area contributed by atoms with Gasteiger partial charge in [0.2, 0.25) is 0 Å². The van der Waals surface area contributed by atoms with Crippen LogP contribution in [0.5, 0.6) is 0 Å². The zero-order valence-corrected chi connectivity index (χ0v) is 7.10. The first-order valence-corrected chi connectivity index (χ1v) is 4.50. The van der Waals surface area contributed by atoms with Crippen LogP contribution in [0.25, 0.3) is 0 Å². The van der Waals surface area contributed by atoms with Gasteiger partial charge in [-0.15, -0.1) is 0 Å². The lowest BCUT2D eigenvalue weighted by atomic mass is 9.91. The molecular formula is C9H18O. The van der Waals surface area contributed by atoms with Gasteiger partial charge < -0.3 is 4.74 Å². The summed E-state index contributed by atoms with van der Waals surface area (Å²) in [5.41, 5.74) is 0. The summed E-state index contributed by atoms with van der Waals surface area (Å²) in [5.74, 6) is 0.881. The number of rotatable bonds is 4. The first-order valence-electron chi connectivity index (χ1n) is 4.50. The molecule has 0 aromatic rings. The van der Waals surface area contributed by atoms with Gasteiger partial charge in [0.25, 0.3) is 0 Å². The molecule has 0 amide bonds. The van der Waals surface area contributed by atoms with Crippen molar-refractivity contribution in [3.05, 3.63) is 0 Å². The van der Waals surface area contributed by atoms with Crippen molar-refractivity contribution in [3.63, 3.8) is 0 Å². The molecule has 1 aliphatic heterocycles. The van der Waals surface area contributed by atoms with Gasteiger partial charge in [0.05, 0.1) is 12.7 Å². The van der Waals surface area contributed by atoms with Crippen molar-refractivity contribution in [3.8, 4) is 0 Å². The van der Waals surface area contributed by atoms with Gasteiger partial charge in [0.15, 0.2) is 0 Å². The Bertz CT molecular complexity index is 88.7. The van der Waals surface area contributed by atoms with E-state index in [9.17, 15) is 0 Å². The maximum Gasteiger partial charge on any atom is 0.0625 e. The lowest BCUT2D eigenvalue weighted by Crippen LogP contribution is -2.38. The lowest BCUT2D eigenvalue weighted by Gasteiger charge is -2.36. The van der Waals surface area contributed by atoms with Gasteiger partial charge in [-0.1, -0.05) is 26.7 Å². The molecule has 2 unspecified atom stereocenters. The second-order valence-corrected chi connectivity index (χ2v) is 3.18. The summed E-state index contributed by atoms with van der Waals surface area (Å²) < 4.78 is 5.44. The SMILES string of the molecule is CCCCC1OCC1CC. The van der Waals surface area contributed by atoms with E-state index in [1.54, 1.807) is 0 Å². The molecule has 0 bridgehead atoms. The second-order valence-electron chi connectivity index (χ2n) is 3.18. The van der Waals surface area contributed by atoms with Gasteiger partial charge in [-0.3, -0.25) is 0 Å². The van der Waals surface area contributed by atoms with E-state index >= 15 is 0 Å². The summed E-state index contributed by atoms with van der Waals surface area (Å²) >= 11 is 0. The van der Waals surface area contributed by atoms with Crippen LogP contribution in [0.2, 0.25) is 0 Å². The largest absolute Gasteiger partial charge is 0.377 e. The van der Waals surface area contributed by atoms with E-state index in [4.69, 9.17) is 4.74 Å². The molecule has 0 aromatic carbocycles. The van der Waals surface area contributed by atoms with Crippen molar-refractivity contribution in [1.82, 2.24) is 0 Å². The van der Waals surface area contributed by atoms with Gasteiger partial charge >= 0.3 is 0 Å². The highest BCUT2D eigenvalue weighted by Crippen LogP contribution is 2.27. The Labute approximate surface area is 63.8 Å². The summed E-state index contributed by atoms with van der Waals surface area (Å²) in [6.45, 7) is 5.51. The molecule has 0 N–H and O–H groups in total. The fraction of sp³-hybridized carbons (Fsp3) is 1.00. The molecule has 0 aliphatic carbocycles. The predicted molar refractivity (Wildman–Crippen MR) is 43.0 cm³/mol. The van der Waals surface area contributed by atoms with Crippen LogP contribution in [0.1, 0.15) is 39.5 Å². The van der Waals surface area contributed by atoms with E-state index in [1.165, 1.54) is 25.7 Å². The highest BCUT2D eigenvalue weighted by atomic mass is 16.5. The molecule has 10 heavy (non-hydrogen) atoms. The molecule has 0 radical (unpaired) electrons. The molecule has 60 valence electrons. The highest BCUT2D eigenvalue weighted by Gasteiger charge is 2.29. The van der Waals surface area contributed by atoms with Crippen LogP contribution in [0.4, 0.5) is 0 Å². The van der Waals surface area contributed by atoms with Crippen LogP contribution in [0.3, 0.4) is 0 Å². The van der Waals surface area contributed by atoms with Crippen molar-refractivity contribution in [2.75, 3.05) is 6.61 Å². The molecule has 1 nitrogen and oxygen atoms in total. The Morgan fingerprint density at radius 3 is 2.60 bits per heavy atom. The summed E-state index contributed by atoms with van der Waals surface area (Å²) in [6.07, 6.45) is 5.84. The van der Waals surface area contributed by atoms with Crippen LogP contribution < -0.4 is 0 Å². The minimum absolute atomic E-state index is 0.616. The minimum atomic E-state index is 0.616. The van der Waals surface area contributed by atoms with Crippen LogP contribution in [0.15, 0.2) is 0 Å². The Morgan fingerprint density at radius 1 is 1.40 bits per heavy atom. The summed E-state index contributed by atoms with van der Waals surface area (Å²) in [5, 5.41) is 0. The van der Waals surface area contributed by atoms with E-state index in [0.717, 1.165) is 12.5 Å². The first-order chi connectivity index (χ1) is 4.88. The number of unbranched alkanes of at least 4 members (excludes halogenated alkanes) is 1. The van der Waals surface area contributed by atoms with Gasteiger partial charge in [-0.2, -0.15) is 0 Å². The van der Waals surface area contributed by atoms with Crippen molar-refractivity contribution < 1.29 is 4.74 Å². The maximum absolute atomic E-state index is 5.44. The van der Waals surface area contributed by atoms with Crippen LogP contribution >= 0.6 is 0 Å². The Morgan fingerprint density at radius 2 is 2.20 bits per heavy atom. The normalized spacial score (nSPS) is 31.8. The topological polar surface area (TPSA) is 9.23 Å². The Balaban J connectivity index is 2.05. The van der Waals surface area contributed by atoms with Gasteiger partial charge in [-0.05, 0) is 12.8 Å². The second kappa shape index (κ2) is 3.97. The molecule has 1 aliphatic rings. The molecule has 1 heterocycles. The fourth-order valence-electron chi connectivity index (χ4n) is 1.47. The standard InChI is InChI=1S/C9H18O/c1-3-5-6-9-8(4-2)7-10-9/h8-9H,3-7H2,1-2H3. The fourth-order valence-corrected chi connectivity index (χ4v) is 1.47. The molecule has 1 heteroatoms. The van der Waals surface area contributed by atoms with Gasteiger partial charge in [0.1, 0.15) is 0 Å². The molecule has 1 saturated heterocycles. The first kappa shape index (κ1) is 8.06. The zero-order chi connectivity index (χ0) is 7.40. The Kier molecular flexibility index (Phi) is 3.20. The highest BCUT2D eigenvalue weighted by molar-refractivity contribution is 4.76. The smallest absolute Gasteiger partial charge is 0.0625 e. The zero-order valence-electron chi connectivity index (χ0n) is 7.10. The average Bonchev–Trinajstić information content (AvgIpc) is 1.88. The lowest BCUT2D eigenvalue weighted by molar-refractivity contribution is -0.119. The predicted octanol–water partition coefficient (Wildman–Crippen LogP) is 2.60. The maximum atomic E-state index is 5.44. The average molecular weight is 142 g/mol. The van der Waals surface area contributed by atoms with E-state index in [0.29, 0.717) is 6.10 Å². The van der Waals surface area contributed by atoms with Crippen molar-refractivity contribution in [2.45, 2.75) is 45.6 Å². The third-order valence-corrected chi connectivity index (χ3v) is 2.42. The molecule has 0 spiro atoms. The molecule has 2 atom stereocenters. The monoisotopic (exact) mass is 142 g/mol. The van der Waals surface area contributed by atoms with Gasteiger partial charge in [0, 0.05) is 5.92 Å². The minimum Gasteiger partial charge on any atom is -0.377 e. The summed E-state index contributed by atoms with van der Waals surface area (Å²) in [4.78, 5) is 0. The number of hydrogen-bond donors (Lipinski definition) is 0. The number of ether oxygens (including phenoxy) is 1. The van der Waals surface area contributed by atoms with Crippen molar-refractivity contribution in [2.24, 2.45) is 5.92 Å². The Hall–Kier alpha value is -0.0400. The quantitative estimate of drug-likeness (QED) is 0.586. The summed E-state index contributed by atoms with van der Waals surface area (Å²) in [7, 11) is 0. The van der Waals surface area contributed by atoms with E-state index < -0.39 is 0 Å². The summed E-state index contributed by atoms with van der Waals surface area (Å²) in [6, 6.07) is 0. The molecule has 0 aromatic heterocycles. The van der Waals surface area contributed by atoms with Gasteiger partial charge in [-0.25, -0.2) is 0 Å². The van der Waals surface area contributed by atoms with Crippen molar-refractivity contribution >= 4 is 0 Å². The van der Waals surface area contributed by atoms with Crippen LogP contribution in [-0.2, 0) is 4.74 Å².